The Labute approximate surface area is 190 Å². The maximum Gasteiger partial charge on any atom is 0.225 e. The third-order valence-corrected chi connectivity index (χ3v) is 6.99. The number of imidazole rings is 1. The molecule has 2 heterocycles. The first kappa shape index (κ1) is 20.8. The molecule has 1 amide bonds. The highest BCUT2D eigenvalue weighted by atomic mass is 16.5. The number of rotatable bonds is 6. The number of hydrogen-bond donors (Lipinski definition) is 0. The Morgan fingerprint density at radius 1 is 0.969 bits per heavy atom. The summed E-state index contributed by atoms with van der Waals surface area (Å²) in [4.78, 5) is 19.4. The van der Waals surface area contributed by atoms with Gasteiger partial charge in [0.15, 0.2) is 0 Å². The summed E-state index contributed by atoms with van der Waals surface area (Å²) in [5.74, 6) is 3.06. The van der Waals surface area contributed by atoms with Gasteiger partial charge in [-0.25, -0.2) is 4.98 Å². The number of methoxy groups -OCH3 is 1. The quantitative estimate of drug-likeness (QED) is 0.548. The van der Waals surface area contributed by atoms with E-state index >= 15 is 0 Å². The number of nitrogens with zero attached hydrogens (tertiary/aromatic N) is 3. The molecule has 166 valence electrons. The van der Waals surface area contributed by atoms with Crippen LogP contribution in [0, 0.1) is 25.7 Å². The maximum atomic E-state index is 12.4. The van der Waals surface area contributed by atoms with Gasteiger partial charge in [-0.3, -0.25) is 4.79 Å². The first-order chi connectivity index (χ1) is 15.5. The van der Waals surface area contributed by atoms with Crippen LogP contribution in [0.3, 0.4) is 0 Å². The summed E-state index contributed by atoms with van der Waals surface area (Å²) in [7, 11) is 1.68. The minimum atomic E-state index is 0.311. The lowest BCUT2D eigenvalue weighted by atomic mass is 10.0. The van der Waals surface area contributed by atoms with E-state index in [0.717, 1.165) is 61.7 Å². The number of aromatic nitrogens is 2. The fourth-order valence-corrected chi connectivity index (χ4v) is 4.72. The highest BCUT2D eigenvalue weighted by Gasteiger charge is 2.36. The van der Waals surface area contributed by atoms with Gasteiger partial charge in [-0.1, -0.05) is 36.4 Å². The van der Waals surface area contributed by atoms with Crippen molar-refractivity contribution in [2.24, 2.45) is 11.8 Å². The van der Waals surface area contributed by atoms with Crippen LogP contribution in [0.15, 0.2) is 48.5 Å². The number of ether oxygens (including phenoxy) is 1. The Morgan fingerprint density at radius 2 is 1.59 bits per heavy atom. The summed E-state index contributed by atoms with van der Waals surface area (Å²) in [6, 6.07) is 16.8. The van der Waals surface area contributed by atoms with E-state index in [1.807, 2.05) is 12.1 Å². The molecule has 2 fully saturated rings. The van der Waals surface area contributed by atoms with Gasteiger partial charge in [0, 0.05) is 36.8 Å². The number of likely N-dealkylation sites (tertiary alicyclic amines) is 1. The zero-order valence-corrected chi connectivity index (χ0v) is 19.2. The van der Waals surface area contributed by atoms with Crippen LogP contribution in [-0.2, 0) is 11.3 Å². The van der Waals surface area contributed by atoms with Crippen LogP contribution in [0.2, 0.25) is 0 Å². The SMILES string of the molecule is COc1ccc(-c2ccc(-c3nc(C)c(C)n3CC3CCN(C(=O)C4CC4)C3)cc2)cc1. The van der Waals surface area contributed by atoms with Crippen LogP contribution < -0.4 is 4.74 Å². The van der Waals surface area contributed by atoms with E-state index < -0.39 is 0 Å². The topological polar surface area (TPSA) is 47.4 Å². The second kappa shape index (κ2) is 8.45. The van der Waals surface area contributed by atoms with Crippen molar-refractivity contribution in [1.82, 2.24) is 14.5 Å². The monoisotopic (exact) mass is 429 g/mol. The van der Waals surface area contributed by atoms with Gasteiger partial charge in [-0.15, -0.1) is 0 Å². The molecule has 2 aromatic carbocycles. The Morgan fingerprint density at radius 3 is 2.22 bits per heavy atom. The molecule has 0 spiro atoms. The molecule has 3 aromatic rings. The summed E-state index contributed by atoms with van der Waals surface area (Å²) in [6.45, 7) is 6.93. The van der Waals surface area contributed by atoms with Crippen molar-refractivity contribution in [3.05, 3.63) is 59.9 Å². The van der Waals surface area contributed by atoms with Crippen LogP contribution in [0.25, 0.3) is 22.5 Å². The van der Waals surface area contributed by atoms with Crippen molar-refractivity contribution in [1.29, 1.82) is 0 Å². The smallest absolute Gasteiger partial charge is 0.225 e. The second-order valence-corrected chi connectivity index (χ2v) is 9.24. The van der Waals surface area contributed by atoms with Crippen molar-refractivity contribution in [2.75, 3.05) is 20.2 Å². The Bertz CT molecular complexity index is 1110. The van der Waals surface area contributed by atoms with Crippen molar-refractivity contribution >= 4 is 5.91 Å². The molecule has 1 aliphatic carbocycles. The van der Waals surface area contributed by atoms with E-state index in [1.165, 1.54) is 16.8 Å². The van der Waals surface area contributed by atoms with E-state index in [2.05, 4.69) is 59.7 Å². The minimum absolute atomic E-state index is 0.311. The largest absolute Gasteiger partial charge is 0.497 e. The average Bonchev–Trinajstić information content (AvgIpc) is 3.52. The highest BCUT2D eigenvalue weighted by molar-refractivity contribution is 5.81. The van der Waals surface area contributed by atoms with Gasteiger partial charge < -0.3 is 14.2 Å². The number of hydrogen-bond acceptors (Lipinski definition) is 3. The molecule has 5 heteroatoms. The molecule has 5 rings (SSSR count). The number of aryl methyl sites for hydroxylation is 1. The fraction of sp³-hybridized carbons (Fsp3) is 0.407. The molecule has 1 atom stereocenters. The molecule has 32 heavy (non-hydrogen) atoms. The van der Waals surface area contributed by atoms with Crippen molar-refractivity contribution in [3.63, 3.8) is 0 Å². The van der Waals surface area contributed by atoms with Crippen molar-refractivity contribution in [3.8, 4) is 28.3 Å². The van der Waals surface area contributed by atoms with E-state index in [9.17, 15) is 4.79 Å². The molecule has 1 saturated heterocycles. The lowest BCUT2D eigenvalue weighted by Crippen LogP contribution is -2.30. The van der Waals surface area contributed by atoms with E-state index in [-0.39, 0.29) is 0 Å². The summed E-state index contributed by atoms with van der Waals surface area (Å²) >= 11 is 0. The number of carbonyl (C=O) groups excluding carboxylic acids is 1. The molecule has 1 saturated carbocycles. The molecule has 0 radical (unpaired) electrons. The molecule has 1 aromatic heterocycles. The van der Waals surface area contributed by atoms with Crippen LogP contribution in [0.1, 0.15) is 30.7 Å². The Hall–Kier alpha value is -3.08. The average molecular weight is 430 g/mol. The van der Waals surface area contributed by atoms with Gasteiger partial charge >= 0.3 is 0 Å². The third kappa shape index (κ3) is 4.04. The minimum Gasteiger partial charge on any atom is -0.497 e. The van der Waals surface area contributed by atoms with Crippen LogP contribution in [0.5, 0.6) is 5.75 Å². The summed E-state index contributed by atoms with van der Waals surface area (Å²) < 4.78 is 7.62. The summed E-state index contributed by atoms with van der Waals surface area (Å²) in [5, 5.41) is 0. The second-order valence-electron chi connectivity index (χ2n) is 9.24. The van der Waals surface area contributed by atoms with Gasteiger partial charge in [-0.2, -0.15) is 0 Å². The Balaban J connectivity index is 1.35. The predicted molar refractivity (Wildman–Crippen MR) is 127 cm³/mol. The third-order valence-electron chi connectivity index (χ3n) is 6.99. The molecular formula is C27H31N3O2. The van der Waals surface area contributed by atoms with Crippen molar-refractivity contribution < 1.29 is 9.53 Å². The zero-order chi connectivity index (χ0) is 22.2. The maximum absolute atomic E-state index is 12.4. The first-order valence-corrected chi connectivity index (χ1v) is 11.6. The van der Waals surface area contributed by atoms with Gasteiger partial charge in [0.1, 0.15) is 11.6 Å². The Kier molecular flexibility index (Phi) is 5.50. The lowest BCUT2D eigenvalue weighted by Gasteiger charge is -2.18. The van der Waals surface area contributed by atoms with Crippen LogP contribution in [0.4, 0.5) is 0 Å². The van der Waals surface area contributed by atoms with Crippen LogP contribution in [-0.4, -0.2) is 40.6 Å². The number of amides is 1. The summed E-state index contributed by atoms with van der Waals surface area (Å²) in [5.41, 5.74) is 5.75. The van der Waals surface area contributed by atoms with Crippen LogP contribution >= 0.6 is 0 Å². The van der Waals surface area contributed by atoms with Gasteiger partial charge in [0.05, 0.1) is 12.8 Å². The van der Waals surface area contributed by atoms with E-state index in [4.69, 9.17) is 9.72 Å². The van der Waals surface area contributed by atoms with Gasteiger partial charge in [0.25, 0.3) is 0 Å². The standard InChI is InChI=1S/C27H31N3O2/c1-18-19(2)30(17-20-14-15-29(16-20)27(31)24-8-9-24)26(28-18)23-6-4-21(5-7-23)22-10-12-25(32-3)13-11-22/h4-7,10-13,20,24H,8-9,14-17H2,1-3H3. The predicted octanol–water partition coefficient (Wildman–Crippen LogP) is 5.10. The molecule has 2 aliphatic rings. The molecule has 5 nitrogen and oxygen atoms in total. The normalized spacial score (nSPS) is 18.2. The first-order valence-electron chi connectivity index (χ1n) is 11.6. The molecular weight excluding hydrogens is 398 g/mol. The molecule has 0 N–H and O–H groups in total. The van der Waals surface area contributed by atoms with Crippen molar-refractivity contribution in [2.45, 2.75) is 39.7 Å². The fourth-order valence-electron chi connectivity index (χ4n) is 4.72. The van der Waals surface area contributed by atoms with Gasteiger partial charge in [-0.05, 0) is 62.3 Å². The summed E-state index contributed by atoms with van der Waals surface area (Å²) in [6.07, 6.45) is 3.23. The van der Waals surface area contributed by atoms with Gasteiger partial charge in [0.2, 0.25) is 5.91 Å². The zero-order valence-electron chi connectivity index (χ0n) is 19.2. The van der Waals surface area contributed by atoms with E-state index in [1.54, 1.807) is 7.11 Å². The molecule has 1 aliphatic heterocycles. The lowest BCUT2D eigenvalue weighted by molar-refractivity contribution is -0.131. The number of carbonyl (C=O) groups is 1. The molecule has 1 unspecified atom stereocenters. The van der Waals surface area contributed by atoms with E-state index in [0.29, 0.717) is 17.7 Å². The highest BCUT2D eigenvalue weighted by Crippen LogP contribution is 2.34. The number of benzene rings is 2. The molecule has 0 bridgehead atoms.